The highest BCUT2D eigenvalue weighted by molar-refractivity contribution is 7.94. The minimum absolute atomic E-state index is 0.0110. The number of halogens is 2. The van der Waals surface area contributed by atoms with Crippen molar-refractivity contribution in [3.8, 4) is 34.6 Å². The van der Waals surface area contributed by atoms with Crippen LogP contribution in [0.1, 0.15) is 76.8 Å². The Balaban J connectivity index is 0.903. The first kappa shape index (κ1) is 55.0. The van der Waals surface area contributed by atoms with Crippen molar-refractivity contribution in [2.24, 2.45) is 0 Å². The molecule has 0 spiro atoms. The summed E-state index contributed by atoms with van der Waals surface area (Å²) in [7, 11) is -7.08. The number of fused-ring (bicyclic) bond motifs is 2. The first-order valence-electron chi connectivity index (χ1n) is 25.1. The molecule has 412 valence electrons. The normalized spacial score (nSPS) is 22.3. The van der Waals surface area contributed by atoms with Gasteiger partial charge < -0.3 is 44.7 Å². The van der Waals surface area contributed by atoms with Gasteiger partial charge in [0, 0.05) is 93.4 Å². The van der Waals surface area contributed by atoms with Crippen LogP contribution < -0.4 is 24.3 Å². The first-order chi connectivity index (χ1) is 37.2. The molecule has 0 radical (unpaired) electrons. The Morgan fingerprint density at radius 1 is 0.705 bits per heavy atom. The van der Waals surface area contributed by atoms with Gasteiger partial charge in [-0.1, -0.05) is 59.6 Å². The van der Waals surface area contributed by atoms with Crippen molar-refractivity contribution < 1.29 is 65.8 Å². The molecule has 20 nitrogen and oxygen atoms in total. The van der Waals surface area contributed by atoms with Gasteiger partial charge in [-0.05, 0) is 88.9 Å². The molecule has 5 aromatic rings. The number of likely N-dealkylation sites (tertiary alicyclic amines) is 2. The van der Waals surface area contributed by atoms with Crippen LogP contribution in [0.5, 0.6) is 23.5 Å². The maximum absolute atomic E-state index is 12.3. The number of hydrogen-bond acceptors (Lipinski definition) is 18. The van der Waals surface area contributed by atoms with E-state index < -0.39 is 68.1 Å². The van der Waals surface area contributed by atoms with Gasteiger partial charge in [-0.2, -0.15) is 9.97 Å². The van der Waals surface area contributed by atoms with E-state index in [-0.39, 0.29) is 95.6 Å². The zero-order valence-electron chi connectivity index (χ0n) is 42.3. The second-order valence-electron chi connectivity index (χ2n) is 20.2. The average molecular weight is 1150 g/mol. The lowest BCUT2D eigenvalue weighted by Crippen LogP contribution is -2.35. The summed E-state index contributed by atoms with van der Waals surface area (Å²) in [6.07, 6.45) is 7.83. The molecule has 3 aliphatic heterocycles. The lowest BCUT2D eigenvalue weighted by Gasteiger charge is -2.23. The summed E-state index contributed by atoms with van der Waals surface area (Å²) in [6.45, 7) is 0.415. The summed E-state index contributed by atoms with van der Waals surface area (Å²) in [5.74, 6) is -1.79. The standard InChI is InChI=1S/C54H56Cl2N6O14S2/c1-77(69,70)35-13-29(19-57-21-35)27-73-49-31(23-61-25-33(63)17-45(61)53(65)66)15-43(55)51(59-49)75-47-11-9-39-37(5-3-7-41(39)47)38-6-4-8-42-40(38)10-12-48(42)76-52-44(56)16-32(24-62-26-34(64)18-46(62)54(67)68)50(60-52)74-28-30-14-36(22-58-20-30)78(2,71)72/h3-8,13-16,19,21-22,33-34,45-48,58,63-64H,9-12,17-18,20,23-28H2,1-2H3,(H,65,66)(H,67,68)/t33-,34-,45-,46-,47-,48-/m0/s1. The number of dihydropyridines is 1. The van der Waals surface area contributed by atoms with Gasteiger partial charge in [0.05, 0.1) is 22.0 Å². The lowest BCUT2D eigenvalue weighted by molar-refractivity contribution is -0.143. The van der Waals surface area contributed by atoms with Crippen molar-refractivity contribution in [2.75, 3.05) is 38.8 Å². The number of aromatic nitrogens is 3. The number of ether oxygens (including phenoxy) is 4. The summed E-state index contributed by atoms with van der Waals surface area (Å²) in [4.78, 5) is 41.2. The Bertz CT molecular complexity index is 3490. The van der Waals surface area contributed by atoms with E-state index in [2.05, 4.69) is 22.4 Å². The molecule has 5 N–H and O–H groups in total. The molecule has 2 aliphatic carbocycles. The smallest absolute Gasteiger partial charge is 0.321 e. The number of β-amino-alcohol motifs (C(OH)–C–C–N with tert-alkyl or cyclic N) is 2. The largest absolute Gasteiger partial charge is 0.480 e. The van der Waals surface area contributed by atoms with Crippen molar-refractivity contribution in [1.82, 2.24) is 30.1 Å². The number of benzene rings is 2. The zero-order chi connectivity index (χ0) is 55.2. The molecule has 2 fully saturated rings. The molecular formula is C54H56Cl2N6O14S2. The number of carbonyl (C=O) groups is 2. The number of nitrogens with zero attached hydrogens (tertiary/aromatic N) is 5. The van der Waals surface area contributed by atoms with E-state index in [1.165, 1.54) is 30.7 Å². The Morgan fingerprint density at radius 3 is 1.71 bits per heavy atom. The van der Waals surface area contributed by atoms with E-state index in [4.69, 9.17) is 52.1 Å². The number of hydrogen-bond donors (Lipinski definition) is 5. The number of rotatable bonds is 19. The van der Waals surface area contributed by atoms with Crippen LogP contribution in [0.4, 0.5) is 0 Å². The quantitative estimate of drug-likeness (QED) is 0.0654. The summed E-state index contributed by atoms with van der Waals surface area (Å²) in [6, 6.07) is 14.9. The van der Waals surface area contributed by atoms with E-state index in [9.17, 15) is 46.9 Å². The number of sulfone groups is 2. The fraction of sp³-hybridized carbons (Fsp3) is 0.389. The van der Waals surface area contributed by atoms with Gasteiger partial charge in [0.1, 0.15) is 47.6 Å². The molecule has 6 atom stereocenters. The van der Waals surface area contributed by atoms with Crippen molar-refractivity contribution in [3.05, 3.63) is 139 Å². The van der Waals surface area contributed by atoms with Crippen molar-refractivity contribution in [2.45, 2.75) is 99.6 Å². The third-order valence-electron chi connectivity index (χ3n) is 14.6. The third-order valence-corrected chi connectivity index (χ3v) is 17.3. The van der Waals surface area contributed by atoms with Crippen molar-refractivity contribution >= 4 is 54.8 Å². The molecule has 24 heteroatoms. The summed E-state index contributed by atoms with van der Waals surface area (Å²) in [5, 5.41) is 44.0. The number of carboxylic acid groups (broad SMARTS) is 2. The second kappa shape index (κ2) is 22.4. The SMILES string of the molecule is CS(=O)(=O)C1=CNCC(COc2nc(O[C@H]3CCc4c(-c5cccc6c5CC[C@@H]6Oc5nc(OCc6cncc(S(C)(=O)=O)c6)c(CN6C[C@@H](O)C[C@H]6C(=O)O)cc5Cl)cccc43)c(Cl)cc2CN2C[C@@H](O)C[C@H]2C(=O)O)=C1. The molecule has 3 aromatic heterocycles. The van der Waals surface area contributed by atoms with E-state index in [0.29, 0.717) is 54.5 Å². The highest BCUT2D eigenvalue weighted by Gasteiger charge is 2.39. The molecule has 6 heterocycles. The molecule has 0 amide bonds. The van der Waals surface area contributed by atoms with Gasteiger partial charge in [0.25, 0.3) is 0 Å². The molecule has 5 aliphatic rings. The number of aliphatic hydroxyl groups is 2. The fourth-order valence-electron chi connectivity index (χ4n) is 10.9. The number of allylic oxidation sites excluding steroid dienone is 1. The number of pyridine rings is 3. The number of nitrogens with one attached hydrogen (secondary N) is 1. The van der Waals surface area contributed by atoms with E-state index in [1.807, 2.05) is 24.3 Å². The lowest BCUT2D eigenvalue weighted by atomic mass is 9.91. The summed E-state index contributed by atoms with van der Waals surface area (Å²) < 4.78 is 75.0. The predicted octanol–water partition coefficient (Wildman–Crippen LogP) is 5.79. The van der Waals surface area contributed by atoms with Crippen LogP contribution >= 0.6 is 23.2 Å². The maximum Gasteiger partial charge on any atom is 0.321 e. The molecule has 2 saturated heterocycles. The Kier molecular flexibility index (Phi) is 15.8. The monoisotopic (exact) mass is 1150 g/mol. The van der Waals surface area contributed by atoms with Crippen LogP contribution in [-0.2, 0) is 61.8 Å². The van der Waals surface area contributed by atoms with Crippen LogP contribution in [0.3, 0.4) is 0 Å². The summed E-state index contributed by atoms with van der Waals surface area (Å²) in [5.41, 5.74) is 8.03. The van der Waals surface area contributed by atoms with Crippen molar-refractivity contribution in [3.63, 3.8) is 0 Å². The fourth-order valence-corrected chi connectivity index (χ4v) is 12.6. The van der Waals surface area contributed by atoms with Gasteiger partial charge in [-0.3, -0.25) is 24.4 Å². The highest BCUT2D eigenvalue weighted by Crippen LogP contribution is 2.47. The molecule has 10 rings (SSSR count). The van der Waals surface area contributed by atoms with Crippen LogP contribution in [0, 0.1) is 0 Å². The van der Waals surface area contributed by atoms with Crippen LogP contribution in [0.25, 0.3) is 11.1 Å². The molecule has 0 saturated carbocycles. The van der Waals surface area contributed by atoms with E-state index >= 15 is 0 Å². The van der Waals surface area contributed by atoms with E-state index in [1.54, 1.807) is 21.9 Å². The number of carboxylic acids is 2. The van der Waals surface area contributed by atoms with Crippen LogP contribution in [-0.4, -0.2) is 137 Å². The molecular weight excluding hydrogens is 1090 g/mol. The summed E-state index contributed by atoms with van der Waals surface area (Å²) >= 11 is 13.9. The topological polar surface area (TPSA) is 277 Å². The van der Waals surface area contributed by atoms with Gasteiger partial charge in [0.2, 0.25) is 23.5 Å². The van der Waals surface area contributed by atoms with Gasteiger partial charge in [-0.15, -0.1) is 0 Å². The Labute approximate surface area is 460 Å². The molecule has 0 bridgehead atoms. The first-order valence-corrected chi connectivity index (χ1v) is 29.7. The average Bonchev–Trinajstić information content (AvgIpc) is 4.33. The number of aliphatic carboxylic acids is 2. The number of aliphatic hydroxyl groups excluding tert-OH is 2. The zero-order valence-corrected chi connectivity index (χ0v) is 45.5. The van der Waals surface area contributed by atoms with Gasteiger partial charge in [0.15, 0.2) is 19.7 Å². The van der Waals surface area contributed by atoms with E-state index in [0.717, 1.165) is 45.9 Å². The molecule has 2 aromatic carbocycles. The second-order valence-corrected chi connectivity index (χ2v) is 25.1. The van der Waals surface area contributed by atoms with Crippen LogP contribution in [0.2, 0.25) is 10.0 Å². The Hall–Kier alpha value is -6.37. The van der Waals surface area contributed by atoms with Crippen molar-refractivity contribution in [1.29, 1.82) is 0 Å². The minimum atomic E-state index is -3.57. The maximum atomic E-state index is 12.3. The molecule has 78 heavy (non-hydrogen) atoms. The predicted molar refractivity (Wildman–Crippen MR) is 285 cm³/mol. The highest BCUT2D eigenvalue weighted by atomic mass is 35.5. The Morgan fingerprint density at radius 2 is 1.22 bits per heavy atom. The third kappa shape index (κ3) is 12.0. The minimum Gasteiger partial charge on any atom is -0.480 e. The molecule has 0 unspecified atom stereocenters. The van der Waals surface area contributed by atoms with Gasteiger partial charge in [-0.25, -0.2) is 16.8 Å². The van der Waals surface area contributed by atoms with Gasteiger partial charge >= 0.3 is 11.9 Å². The van der Waals surface area contributed by atoms with Crippen LogP contribution in [0.15, 0.2) is 94.6 Å².